The van der Waals surface area contributed by atoms with Crippen LogP contribution in [-0.4, -0.2) is 34.1 Å². The van der Waals surface area contributed by atoms with Crippen molar-refractivity contribution in [3.05, 3.63) is 44.8 Å². The number of nitrogens with zero attached hydrogens (tertiary/aromatic N) is 2. The third-order valence-corrected chi connectivity index (χ3v) is 7.41. The number of likely N-dealkylation sites (tertiary alicyclic amines) is 1. The molecule has 1 aliphatic carbocycles. The maximum atomic E-state index is 13.0. The lowest BCUT2D eigenvalue weighted by Crippen LogP contribution is -2.36. The molecule has 4 rings (SSSR count). The predicted molar refractivity (Wildman–Crippen MR) is 110 cm³/mol. The van der Waals surface area contributed by atoms with Crippen LogP contribution in [0.1, 0.15) is 41.9 Å². The summed E-state index contributed by atoms with van der Waals surface area (Å²) >= 11 is 3.26. The van der Waals surface area contributed by atoms with Gasteiger partial charge in [0.15, 0.2) is 0 Å². The van der Waals surface area contributed by atoms with Crippen molar-refractivity contribution in [2.75, 3.05) is 6.54 Å². The minimum absolute atomic E-state index is 0.0164. The van der Waals surface area contributed by atoms with Crippen molar-refractivity contribution in [3.8, 4) is 0 Å². The van der Waals surface area contributed by atoms with Gasteiger partial charge in [0.25, 0.3) is 0 Å². The Morgan fingerprint density at radius 2 is 1.50 bits per heavy atom. The number of rotatable bonds is 7. The summed E-state index contributed by atoms with van der Waals surface area (Å²) in [6.07, 6.45) is 3.84. The molecule has 0 aromatic carbocycles. The molecule has 2 fully saturated rings. The Balaban J connectivity index is 1.41. The standard InChI is InChI=1S/C21H24N2O3S2/c24-19(9-10-23-20(25)17-7-1-2-8-18(17)21(23)26)22(13-15-5-3-11-27-15)14-16-6-4-12-28-16/h3-6,11-12,17-18H,1-2,7-10,13-14H2. The fourth-order valence-corrected chi connectivity index (χ4v) is 5.67. The van der Waals surface area contributed by atoms with E-state index in [2.05, 4.69) is 0 Å². The van der Waals surface area contributed by atoms with Crippen LogP contribution in [0, 0.1) is 11.8 Å². The summed E-state index contributed by atoms with van der Waals surface area (Å²) in [6, 6.07) is 8.02. The molecule has 2 aromatic heterocycles. The second-order valence-corrected chi connectivity index (χ2v) is 9.55. The van der Waals surface area contributed by atoms with Gasteiger partial charge in [0.05, 0.1) is 24.9 Å². The zero-order valence-electron chi connectivity index (χ0n) is 15.7. The third-order valence-electron chi connectivity index (χ3n) is 5.69. The zero-order valence-corrected chi connectivity index (χ0v) is 17.3. The zero-order chi connectivity index (χ0) is 19.5. The molecule has 3 amide bonds. The van der Waals surface area contributed by atoms with Gasteiger partial charge in [-0.25, -0.2) is 0 Å². The van der Waals surface area contributed by atoms with Crippen LogP contribution < -0.4 is 0 Å². The maximum absolute atomic E-state index is 13.0. The van der Waals surface area contributed by atoms with E-state index in [9.17, 15) is 14.4 Å². The average Bonchev–Trinajstić information content (AvgIpc) is 3.44. The largest absolute Gasteiger partial charge is 0.332 e. The van der Waals surface area contributed by atoms with Crippen molar-refractivity contribution in [3.63, 3.8) is 0 Å². The van der Waals surface area contributed by atoms with Crippen LogP contribution >= 0.6 is 22.7 Å². The number of carbonyl (C=O) groups excluding carboxylic acids is 3. The molecule has 2 aliphatic rings. The van der Waals surface area contributed by atoms with Gasteiger partial charge in [0, 0.05) is 22.7 Å². The van der Waals surface area contributed by atoms with Crippen LogP contribution in [0.4, 0.5) is 0 Å². The highest BCUT2D eigenvalue weighted by Gasteiger charge is 2.47. The maximum Gasteiger partial charge on any atom is 0.233 e. The van der Waals surface area contributed by atoms with Gasteiger partial charge in [-0.2, -0.15) is 0 Å². The second-order valence-electron chi connectivity index (χ2n) is 7.48. The monoisotopic (exact) mass is 416 g/mol. The number of amides is 3. The summed E-state index contributed by atoms with van der Waals surface area (Å²) < 4.78 is 0. The molecule has 2 unspecified atom stereocenters. The highest BCUT2D eigenvalue weighted by molar-refractivity contribution is 7.10. The number of thiophene rings is 2. The fraction of sp³-hybridized carbons (Fsp3) is 0.476. The van der Waals surface area contributed by atoms with E-state index in [4.69, 9.17) is 0 Å². The number of imide groups is 1. The molecule has 1 saturated heterocycles. The molecule has 148 valence electrons. The van der Waals surface area contributed by atoms with Gasteiger partial charge in [0.2, 0.25) is 17.7 Å². The second kappa shape index (κ2) is 8.57. The molecule has 0 N–H and O–H groups in total. The SMILES string of the molecule is O=C(CCN1C(=O)C2CCCCC2C1=O)N(Cc1cccs1)Cc1cccs1. The van der Waals surface area contributed by atoms with Crippen molar-refractivity contribution < 1.29 is 14.4 Å². The molecule has 0 radical (unpaired) electrons. The van der Waals surface area contributed by atoms with Crippen LogP contribution in [-0.2, 0) is 27.5 Å². The van der Waals surface area contributed by atoms with Crippen LogP contribution in [0.25, 0.3) is 0 Å². The Morgan fingerprint density at radius 3 is 1.96 bits per heavy atom. The first-order chi connectivity index (χ1) is 13.6. The minimum Gasteiger partial charge on any atom is -0.332 e. The Morgan fingerprint density at radius 1 is 0.964 bits per heavy atom. The van der Waals surface area contributed by atoms with Crippen LogP contribution in [0.15, 0.2) is 35.0 Å². The first-order valence-electron chi connectivity index (χ1n) is 9.81. The van der Waals surface area contributed by atoms with E-state index in [1.807, 2.05) is 39.9 Å². The molecule has 5 nitrogen and oxygen atoms in total. The molecule has 2 aromatic rings. The number of fused-ring (bicyclic) bond motifs is 1. The van der Waals surface area contributed by atoms with Gasteiger partial charge in [0.1, 0.15) is 0 Å². The third kappa shape index (κ3) is 4.05. The van der Waals surface area contributed by atoms with E-state index >= 15 is 0 Å². The van der Waals surface area contributed by atoms with Crippen LogP contribution in [0.5, 0.6) is 0 Å². The van der Waals surface area contributed by atoms with Gasteiger partial charge in [-0.1, -0.05) is 25.0 Å². The molecule has 2 atom stereocenters. The van der Waals surface area contributed by atoms with Crippen molar-refractivity contribution in [2.24, 2.45) is 11.8 Å². The summed E-state index contributed by atoms with van der Waals surface area (Å²) in [7, 11) is 0. The van der Waals surface area contributed by atoms with E-state index in [0.29, 0.717) is 13.1 Å². The van der Waals surface area contributed by atoms with Crippen molar-refractivity contribution in [1.29, 1.82) is 0 Å². The minimum atomic E-state index is -0.148. The average molecular weight is 417 g/mol. The van der Waals surface area contributed by atoms with Crippen molar-refractivity contribution in [1.82, 2.24) is 9.80 Å². The summed E-state index contributed by atoms with van der Waals surface area (Å²) in [5.41, 5.74) is 0. The van der Waals surface area contributed by atoms with E-state index in [1.54, 1.807) is 22.7 Å². The van der Waals surface area contributed by atoms with E-state index in [-0.39, 0.29) is 42.5 Å². The summed E-state index contributed by atoms with van der Waals surface area (Å²) in [5.74, 6) is -0.442. The van der Waals surface area contributed by atoms with Crippen LogP contribution in [0.3, 0.4) is 0 Å². The van der Waals surface area contributed by atoms with E-state index in [0.717, 1.165) is 35.4 Å². The normalized spacial score (nSPS) is 21.8. The lowest BCUT2D eigenvalue weighted by Gasteiger charge is -2.23. The summed E-state index contributed by atoms with van der Waals surface area (Å²) in [4.78, 5) is 43.7. The summed E-state index contributed by atoms with van der Waals surface area (Å²) in [5, 5.41) is 4.01. The Bertz CT molecular complexity index is 772. The highest BCUT2D eigenvalue weighted by Crippen LogP contribution is 2.38. The van der Waals surface area contributed by atoms with Gasteiger partial charge in [-0.3, -0.25) is 19.3 Å². The first kappa shape index (κ1) is 19.3. The molecule has 7 heteroatoms. The van der Waals surface area contributed by atoms with E-state index in [1.165, 1.54) is 4.90 Å². The quantitative estimate of drug-likeness (QED) is 0.643. The van der Waals surface area contributed by atoms with Crippen LogP contribution in [0.2, 0.25) is 0 Å². The van der Waals surface area contributed by atoms with Gasteiger partial charge in [-0.05, 0) is 35.7 Å². The Hall–Kier alpha value is -1.99. The number of carbonyl (C=O) groups is 3. The summed E-state index contributed by atoms with van der Waals surface area (Å²) in [6.45, 7) is 1.32. The molecule has 0 spiro atoms. The predicted octanol–water partition coefficient (Wildman–Crippen LogP) is 3.90. The van der Waals surface area contributed by atoms with Crippen molar-refractivity contribution in [2.45, 2.75) is 45.2 Å². The molecule has 3 heterocycles. The van der Waals surface area contributed by atoms with Crippen molar-refractivity contribution >= 4 is 40.4 Å². The molecule has 28 heavy (non-hydrogen) atoms. The fourth-order valence-electron chi connectivity index (χ4n) is 4.23. The van der Waals surface area contributed by atoms with Gasteiger partial charge in [-0.15, -0.1) is 22.7 Å². The number of hydrogen-bond donors (Lipinski definition) is 0. The lowest BCUT2D eigenvalue weighted by molar-refractivity contribution is -0.141. The Kier molecular flexibility index (Phi) is 5.92. The molecular weight excluding hydrogens is 392 g/mol. The van der Waals surface area contributed by atoms with Gasteiger partial charge >= 0.3 is 0 Å². The number of hydrogen-bond acceptors (Lipinski definition) is 5. The lowest BCUT2D eigenvalue weighted by atomic mass is 9.81. The molecular formula is C21H24N2O3S2. The molecule has 0 bridgehead atoms. The topological polar surface area (TPSA) is 57.7 Å². The molecule has 1 aliphatic heterocycles. The highest BCUT2D eigenvalue weighted by atomic mass is 32.1. The first-order valence-corrected chi connectivity index (χ1v) is 11.6. The smallest absolute Gasteiger partial charge is 0.233 e. The Labute approximate surface area is 173 Å². The molecule has 1 saturated carbocycles. The van der Waals surface area contributed by atoms with Gasteiger partial charge < -0.3 is 4.90 Å². The van der Waals surface area contributed by atoms with E-state index < -0.39 is 0 Å².